The molecule has 25 heavy (non-hydrogen) atoms. The van der Waals surface area contributed by atoms with Crippen molar-refractivity contribution in [3.05, 3.63) is 44.4 Å². The van der Waals surface area contributed by atoms with E-state index in [-0.39, 0.29) is 5.56 Å². The third-order valence-electron chi connectivity index (χ3n) is 5.21. The molecule has 4 rings (SSSR count). The zero-order valence-corrected chi connectivity index (χ0v) is 14.9. The van der Waals surface area contributed by atoms with Gasteiger partial charge in [-0.05, 0) is 33.1 Å². The molecule has 0 spiro atoms. The third-order valence-corrected chi connectivity index (χ3v) is 5.21. The maximum Gasteiger partial charge on any atom is 0.255 e. The minimum Gasteiger partial charge on any atom is -0.305 e. The van der Waals surface area contributed by atoms with E-state index in [2.05, 4.69) is 25.1 Å². The molecule has 0 unspecified atom stereocenters. The number of nitrogens with zero attached hydrogens (tertiary/aromatic N) is 4. The van der Waals surface area contributed by atoms with Crippen molar-refractivity contribution in [3.63, 3.8) is 0 Å². The first-order valence-electron chi connectivity index (χ1n) is 9.00. The average Bonchev–Trinajstić information content (AvgIpc) is 2.95. The molecule has 0 saturated heterocycles. The second kappa shape index (κ2) is 6.55. The van der Waals surface area contributed by atoms with E-state index in [4.69, 9.17) is 4.98 Å². The predicted molar refractivity (Wildman–Crippen MR) is 96.0 cm³/mol. The fourth-order valence-electron chi connectivity index (χ4n) is 3.67. The molecule has 0 aliphatic carbocycles. The summed E-state index contributed by atoms with van der Waals surface area (Å²) in [7, 11) is 0. The SMILES string of the molecule is Cc1n[nH]c(C)c1CN1CCc2nc(C3=NCCCC3)[nH]c(=O)c2C1. The molecule has 2 aliphatic rings. The van der Waals surface area contributed by atoms with E-state index < -0.39 is 0 Å². The molecule has 4 heterocycles. The molecular formula is C18H24N6O. The van der Waals surface area contributed by atoms with Gasteiger partial charge in [0.15, 0.2) is 5.82 Å². The summed E-state index contributed by atoms with van der Waals surface area (Å²) in [5.74, 6) is 0.679. The molecule has 132 valence electrons. The van der Waals surface area contributed by atoms with Crippen LogP contribution in [0.25, 0.3) is 0 Å². The summed E-state index contributed by atoms with van der Waals surface area (Å²) in [6, 6.07) is 0. The van der Waals surface area contributed by atoms with Crippen LogP contribution in [0.15, 0.2) is 9.79 Å². The van der Waals surface area contributed by atoms with Crippen molar-refractivity contribution in [1.82, 2.24) is 25.1 Å². The monoisotopic (exact) mass is 340 g/mol. The van der Waals surface area contributed by atoms with E-state index in [1.165, 1.54) is 5.56 Å². The summed E-state index contributed by atoms with van der Waals surface area (Å²) in [6.07, 6.45) is 3.96. The first-order chi connectivity index (χ1) is 12.1. The summed E-state index contributed by atoms with van der Waals surface area (Å²) >= 11 is 0. The molecule has 0 saturated carbocycles. The van der Waals surface area contributed by atoms with Crippen LogP contribution >= 0.6 is 0 Å². The Morgan fingerprint density at radius 3 is 2.80 bits per heavy atom. The Balaban J connectivity index is 1.57. The quantitative estimate of drug-likeness (QED) is 0.889. The van der Waals surface area contributed by atoms with Crippen LogP contribution in [0.4, 0.5) is 0 Å². The summed E-state index contributed by atoms with van der Waals surface area (Å²) in [5.41, 5.74) is 6.02. The topological polar surface area (TPSA) is 90.0 Å². The molecule has 2 aliphatic heterocycles. The lowest BCUT2D eigenvalue weighted by atomic mass is 10.0. The summed E-state index contributed by atoms with van der Waals surface area (Å²) in [4.78, 5) is 27.1. The molecule has 7 nitrogen and oxygen atoms in total. The molecule has 0 aromatic carbocycles. The zero-order chi connectivity index (χ0) is 17.4. The largest absolute Gasteiger partial charge is 0.305 e. The summed E-state index contributed by atoms with van der Waals surface area (Å²) in [6.45, 7) is 7.24. The van der Waals surface area contributed by atoms with Gasteiger partial charge in [0.1, 0.15) is 0 Å². The minimum absolute atomic E-state index is 0.0152. The van der Waals surface area contributed by atoms with Crippen LogP contribution in [0.3, 0.4) is 0 Å². The van der Waals surface area contributed by atoms with Gasteiger partial charge in [0.2, 0.25) is 0 Å². The minimum atomic E-state index is -0.0152. The number of aromatic nitrogens is 4. The Hall–Kier alpha value is -2.28. The maximum atomic E-state index is 12.6. The summed E-state index contributed by atoms with van der Waals surface area (Å²) < 4.78 is 0. The Morgan fingerprint density at radius 2 is 2.08 bits per heavy atom. The van der Waals surface area contributed by atoms with Gasteiger partial charge in [-0.15, -0.1) is 0 Å². The molecular weight excluding hydrogens is 316 g/mol. The van der Waals surface area contributed by atoms with Crippen molar-refractivity contribution < 1.29 is 0 Å². The number of fused-ring (bicyclic) bond motifs is 1. The predicted octanol–water partition coefficient (Wildman–Crippen LogP) is 1.64. The van der Waals surface area contributed by atoms with E-state index in [0.29, 0.717) is 12.4 Å². The van der Waals surface area contributed by atoms with E-state index in [0.717, 1.165) is 73.7 Å². The third kappa shape index (κ3) is 3.16. The fraction of sp³-hybridized carbons (Fsp3) is 0.556. The van der Waals surface area contributed by atoms with Crippen LogP contribution in [0.1, 0.15) is 53.3 Å². The van der Waals surface area contributed by atoms with Crippen molar-refractivity contribution in [2.24, 2.45) is 4.99 Å². The Labute approximate surface area is 146 Å². The van der Waals surface area contributed by atoms with Crippen LogP contribution in [-0.2, 0) is 19.5 Å². The first kappa shape index (κ1) is 16.2. The number of nitrogens with one attached hydrogen (secondary N) is 2. The number of aromatic amines is 2. The van der Waals surface area contributed by atoms with Crippen LogP contribution in [-0.4, -0.2) is 43.9 Å². The van der Waals surface area contributed by atoms with Gasteiger partial charge in [0.25, 0.3) is 5.56 Å². The molecule has 0 amide bonds. The molecule has 2 aromatic rings. The van der Waals surface area contributed by atoms with Gasteiger partial charge < -0.3 is 4.98 Å². The Bertz CT molecular complexity index is 859. The van der Waals surface area contributed by atoms with Gasteiger partial charge in [-0.3, -0.25) is 19.8 Å². The van der Waals surface area contributed by atoms with Crippen LogP contribution in [0, 0.1) is 13.8 Å². The molecule has 7 heteroatoms. The van der Waals surface area contributed by atoms with Crippen molar-refractivity contribution in [2.75, 3.05) is 13.1 Å². The molecule has 0 bridgehead atoms. The van der Waals surface area contributed by atoms with Crippen molar-refractivity contribution in [2.45, 2.75) is 52.6 Å². The van der Waals surface area contributed by atoms with Gasteiger partial charge >= 0.3 is 0 Å². The molecule has 0 fully saturated rings. The number of hydrogen-bond donors (Lipinski definition) is 2. The number of H-pyrrole nitrogens is 2. The fourth-order valence-corrected chi connectivity index (χ4v) is 3.67. The highest BCUT2D eigenvalue weighted by Crippen LogP contribution is 2.20. The van der Waals surface area contributed by atoms with Gasteiger partial charge in [-0.25, -0.2) is 4.98 Å². The van der Waals surface area contributed by atoms with E-state index in [9.17, 15) is 4.79 Å². The number of aryl methyl sites for hydroxylation is 2. The highest BCUT2D eigenvalue weighted by atomic mass is 16.1. The van der Waals surface area contributed by atoms with E-state index >= 15 is 0 Å². The lowest BCUT2D eigenvalue weighted by Gasteiger charge is -2.28. The van der Waals surface area contributed by atoms with Gasteiger partial charge in [0, 0.05) is 43.9 Å². The Morgan fingerprint density at radius 1 is 1.20 bits per heavy atom. The number of rotatable bonds is 3. The lowest BCUT2D eigenvalue weighted by Crippen LogP contribution is -2.36. The summed E-state index contributed by atoms with van der Waals surface area (Å²) in [5, 5.41) is 7.29. The second-order valence-corrected chi connectivity index (χ2v) is 7.00. The highest BCUT2D eigenvalue weighted by Gasteiger charge is 2.23. The van der Waals surface area contributed by atoms with E-state index in [1.54, 1.807) is 0 Å². The molecule has 2 N–H and O–H groups in total. The maximum absolute atomic E-state index is 12.6. The van der Waals surface area contributed by atoms with Crippen LogP contribution in [0.2, 0.25) is 0 Å². The van der Waals surface area contributed by atoms with Crippen molar-refractivity contribution >= 4 is 5.71 Å². The smallest absolute Gasteiger partial charge is 0.255 e. The standard InChI is InChI=1S/C18H24N6O/c1-11-13(12(2)23-22-11)9-24-8-6-15-14(10-24)18(25)21-17(20-15)16-5-3-4-7-19-16/h3-10H2,1-2H3,(H,22,23)(H,20,21,25). The Kier molecular flexibility index (Phi) is 4.25. The first-order valence-corrected chi connectivity index (χ1v) is 9.00. The van der Waals surface area contributed by atoms with Gasteiger partial charge in [-0.1, -0.05) is 0 Å². The van der Waals surface area contributed by atoms with Gasteiger partial charge in [0.05, 0.1) is 22.7 Å². The van der Waals surface area contributed by atoms with Crippen LogP contribution in [0.5, 0.6) is 0 Å². The van der Waals surface area contributed by atoms with Gasteiger partial charge in [-0.2, -0.15) is 5.10 Å². The van der Waals surface area contributed by atoms with Crippen molar-refractivity contribution in [1.29, 1.82) is 0 Å². The number of aliphatic imine (C=N–C) groups is 1. The average molecular weight is 340 g/mol. The highest BCUT2D eigenvalue weighted by molar-refractivity contribution is 5.97. The van der Waals surface area contributed by atoms with E-state index in [1.807, 2.05) is 13.8 Å². The molecule has 2 aromatic heterocycles. The zero-order valence-electron chi connectivity index (χ0n) is 14.9. The second-order valence-electron chi connectivity index (χ2n) is 7.00. The molecule has 0 atom stereocenters. The van der Waals surface area contributed by atoms with Crippen LogP contribution < -0.4 is 5.56 Å². The molecule has 0 radical (unpaired) electrons. The van der Waals surface area contributed by atoms with Crippen molar-refractivity contribution in [3.8, 4) is 0 Å². The lowest BCUT2D eigenvalue weighted by molar-refractivity contribution is 0.241. The number of hydrogen-bond acceptors (Lipinski definition) is 5. The normalized spacial score (nSPS) is 18.1.